The van der Waals surface area contributed by atoms with Crippen LogP contribution in [0.4, 0.5) is 0 Å². The minimum Gasteiger partial charge on any atom is -0.479 e. The predicted octanol–water partition coefficient (Wildman–Crippen LogP) is 4.42. The zero-order valence-corrected chi connectivity index (χ0v) is 21.8. The molecule has 2 aromatic heterocycles. The Kier molecular flexibility index (Phi) is 7.20. The first-order chi connectivity index (χ1) is 19.2. The van der Waals surface area contributed by atoms with Gasteiger partial charge in [-0.2, -0.15) is 0 Å². The maximum Gasteiger partial charge on any atom is 0.340 e. The highest BCUT2D eigenvalue weighted by molar-refractivity contribution is 6.03. The molecule has 2 amide bonds. The van der Waals surface area contributed by atoms with Gasteiger partial charge in [0.25, 0.3) is 0 Å². The largest absolute Gasteiger partial charge is 0.479 e. The molecule has 9 heteroatoms. The lowest BCUT2D eigenvalue weighted by Crippen LogP contribution is -2.41. The van der Waals surface area contributed by atoms with E-state index in [1.54, 1.807) is 43.3 Å². The lowest BCUT2D eigenvalue weighted by Gasteiger charge is -2.15. The zero-order chi connectivity index (χ0) is 28.4. The molecule has 2 heterocycles. The second-order valence-electron chi connectivity index (χ2n) is 9.44. The van der Waals surface area contributed by atoms with Crippen molar-refractivity contribution in [2.45, 2.75) is 26.3 Å². The van der Waals surface area contributed by atoms with Gasteiger partial charge < -0.3 is 24.6 Å². The number of benzene rings is 3. The maximum absolute atomic E-state index is 12.8. The molecule has 0 spiro atoms. The third-order valence-electron chi connectivity index (χ3n) is 6.80. The Morgan fingerprint density at radius 2 is 1.50 bits per heavy atom. The van der Waals surface area contributed by atoms with Crippen LogP contribution in [0.1, 0.15) is 28.5 Å². The van der Waals surface area contributed by atoms with Gasteiger partial charge in [0.1, 0.15) is 16.9 Å². The van der Waals surface area contributed by atoms with Crippen molar-refractivity contribution >= 4 is 39.7 Å². The van der Waals surface area contributed by atoms with Gasteiger partial charge in [-0.3, -0.25) is 9.59 Å². The Bertz CT molecular complexity index is 1800. The molecule has 0 aliphatic rings. The first-order valence-electron chi connectivity index (χ1n) is 12.6. The highest BCUT2D eigenvalue weighted by Crippen LogP contribution is 2.37. The summed E-state index contributed by atoms with van der Waals surface area (Å²) in [6.07, 6.45) is -0.313. The first kappa shape index (κ1) is 26.4. The molecule has 0 fully saturated rings. The van der Waals surface area contributed by atoms with Crippen LogP contribution in [0.5, 0.6) is 0 Å². The van der Waals surface area contributed by atoms with Crippen LogP contribution in [0.2, 0.25) is 0 Å². The van der Waals surface area contributed by atoms with E-state index in [2.05, 4.69) is 10.6 Å². The van der Waals surface area contributed by atoms with Crippen molar-refractivity contribution in [1.29, 1.82) is 0 Å². The quantitative estimate of drug-likeness (QED) is 0.249. The molecule has 0 aliphatic heterocycles. The third-order valence-corrected chi connectivity index (χ3v) is 6.80. The topological polar surface area (TPSA) is 139 Å². The fourth-order valence-corrected chi connectivity index (χ4v) is 4.82. The van der Waals surface area contributed by atoms with Crippen molar-refractivity contribution in [2.75, 3.05) is 6.54 Å². The molecule has 3 aromatic carbocycles. The van der Waals surface area contributed by atoms with E-state index in [9.17, 15) is 24.3 Å². The summed E-state index contributed by atoms with van der Waals surface area (Å²) >= 11 is 0. The molecule has 0 bridgehead atoms. The number of carboxylic acid groups (broad SMARTS) is 1. The van der Waals surface area contributed by atoms with E-state index in [1.807, 2.05) is 43.3 Å². The second-order valence-corrected chi connectivity index (χ2v) is 9.44. The molecule has 5 rings (SSSR count). The molecule has 9 nitrogen and oxygen atoms in total. The molecule has 40 heavy (non-hydrogen) atoms. The number of aryl methyl sites for hydroxylation is 2. The number of carboxylic acids is 1. The van der Waals surface area contributed by atoms with E-state index in [0.717, 1.165) is 22.3 Å². The Hall–Kier alpha value is -5.18. The first-order valence-corrected chi connectivity index (χ1v) is 12.6. The summed E-state index contributed by atoms with van der Waals surface area (Å²) in [6.45, 7) is 3.16. The van der Waals surface area contributed by atoms with Crippen LogP contribution in [0.25, 0.3) is 33.1 Å². The van der Waals surface area contributed by atoms with Gasteiger partial charge in [-0.05, 0) is 36.6 Å². The summed E-state index contributed by atoms with van der Waals surface area (Å²) in [6, 6.07) is 20.3. The number of hydrogen-bond acceptors (Lipinski definition) is 6. The molecule has 1 atom stereocenters. The van der Waals surface area contributed by atoms with Gasteiger partial charge in [0.2, 0.25) is 11.8 Å². The Morgan fingerprint density at radius 1 is 0.850 bits per heavy atom. The van der Waals surface area contributed by atoms with Crippen LogP contribution in [0.3, 0.4) is 0 Å². The normalized spacial score (nSPS) is 11.8. The van der Waals surface area contributed by atoms with E-state index >= 15 is 0 Å². The highest BCUT2D eigenvalue weighted by Gasteiger charge is 2.23. The van der Waals surface area contributed by atoms with Crippen LogP contribution in [-0.4, -0.2) is 29.4 Å². The number of nitrogens with one attached hydrogen (secondary N) is 2. The smallest absolute Gasteiger partial charge is 0.340 e. The number of fused-ring (bicyclic) bond motifs is 2. The summed E-state index contributed by atoms with van der Waals surface area (Å²) in [5, 5.41) is 15.9. The van der Waals surface area contributed by atoms with Crippen molar-refractivity contribution in [2.24, 2.45) is 0 Å². The number of aliphatic carboxylic acids is 1. The van der Waals surface area contributed by atoms with E-state index in [0.29, 0.717) is 27.7 Å². The predicted molar refractivity (Wildman–Crippen MR) is 149 cm³/mol. The molecular formula is C31H26N2O7. The van der Waals surface area contributed by atoms with Gasteiger partial charge in [-0.1, -0.05) is 60.7 Å². The van der Waals surface area contributed by atoms with Gasteiger partial charge in [-0.15, -0.1) is 0 Å². The van der Waals surface area contributed by atoms with Crippen molar-refractivity contribution in [3.63, 3.8) is 0 Å². The lowest BCUT2D eigenvalue weighted by molar-refractivity contribution is -0.141. The monoisotopic (exact) mass is 538 g/mol. The Labute approximate surface area is 228 Å². The molecular weight excluding hydrogens is 512 g/mol. The minimum absolute atomic E-state index is 0.166. The molecule has 3 N–H and O–H groups in total. The van der Waals surface area contributed by atoms with Crippen LogP contribution < -0.4 is 16.3 Å². The zero-order valence-electron chi connectivity index (χ0n) is 21.8. The number of carbonyl (C=O) groups is 3. The van der Waals surface area contributed by atoms with Crippen molar-refractivity contribution in [1.82, 2.24) is 10.6 Å². The van der Waals surface area contributed by atoms with Crippen LogP contribution in [-0.2, 0) is 20.8 Å². The fraction of sp³-hybridized carbons (Fsp3) is 0.161. The van der Waals surface area contributed by atoms with E-state index in [4.69, 9.17) is 8.83 Å². The summed E-state index contributed by atoms with van der Waals surface area (Å²) in [4.78, 5) is 49.5. The Morgan fingerprint density at radius 3 is 2.17 bits per heavy atom. The van der Waals surface area contributed by atoms with Crippen molar-refractivity contribution in [3.8, 4) is 11.1 Å². The number of furan rings is 1. The molecule has 0 saturated heterocycles. The lowest BCUT2D eigenvalue weighted by atomic mass is 9.98. The fourth-order valence-electron chi connectivity index (χ4n) is 4.82. The molecule has 0 aliphatic carbocycles. The summed E-state index contributed by atoms with van der Waals surface area (Å²) in [5.41, 5.74) is 3.33. The number of carbonyl (C=O) groups excluding carboxylic acids is 2. The average molecular weight is 539 g/mol. The number of amides is 2. The van der Waals surface area contributed by atoms with Gasteiger partial charge in [0.15, 0.2) is 6.04 Å². The van der Waals surface area contributed by atoms with Crippen LogP contribution >= 0.6 is 0 Å². The standard InChI is InChI=1S/C31H26N2O7/c1-17-21-13-23-25(39-18(2)28(23)19-9-5-3-6-10-19)15-24(21)40-31(38)22(17)14-26(34)32-16-27(35)33-29(30(36)37)20-11-7-4-8-12-20/h3-13,15,29H,14,16H2,1-2H3,(H,32,34)(H,33,35)(H,36,37)/t29-/m1/s1. The SMILES string of the molecule is Cc1oc2cc3oc(=O)c(CC(=O)NCC(=O)N[C@@H](C(=O)O)c4ccccc4)c(C)c3cc2c1-c1ccccc1. The second kappa shape index (κ2) is 10.9. The number of rotatable bonds is 8. The van der Waals surface area contributed by atoms with Gasteiger partial charge in [0, 0.05) is 22.4 Å². The minimum atomic E-state index is -1.26. The summed E-state index contributed by atoms with van der Waals surface area (Å²) < 4.78 is 11.5. The summed E-state index contributed by atoms with van der Waals surface area (Å²) in [5.74, 6) is -1.76. The van der Waals surface area contributed by atoms with Gasteiger partial charge in [0.05, 0.1) is 18.5 Å². The molecule has 202 valence electrons. The van der Waals surface area contributed by atoms with Gasteiger partial charge >= 0.3 is 11.6 Å². The average Bonchev–Trinajstić information content (AvgIpc) is 3.27. The van der Waals surface area contributed by atoms with E-state index in [1.165, 1.54) is 0 Å². The van der Waals surface area contributed by atoms with Crippen molar-refractivity contribution < 1.29 is 28.3 Å². The molecule has 0 unspecified atom stereocenters. The molecule has 5 aromatic rings. The van der Waals surface area contributed by atoms with E-state index < -0.39 is 36.0 Å². The maximum atomic E-state index is 12.8. The van der Waals surface area contributed by atoms with E-state index in [-0.39, 0.29) is 12.0 Å². The highest BCUT2D eigenvalue weighted by atomic mass is 16.4. The number of hydrogen-bond donors (Lipinski definition) is 3. The van der Waals surface area contributed by atoms with Crippen LogP contribution in [0.15, 0.2) is 86.4 Å². The molecule has 0 saturated carbocycles. The molecule has 0 radical (unpaired) electrons. The van der Waals surface area contributed by atoms with Crippen molar-refractivity contribution in [3.05, 3.63) is 106 Å². The van der Waals surface area contributed by atoms with Crippen LogP contribution in [0, 0.1) is 13.8 Å². The van der Waals surface area contributed by atoms with Gasteiger partial charge in [-0.25, -0.2) is 9.59 Å². The Balaban J connectivity index is 1.36. The summed E-state index contributed by atoms with van der Waals surface area (Å²) in [7, 11) is 0. The third kappa shape index (κ3) is 5.22.